The lowest BCUT2D eigenvalue weighted by Crippen LogP contribution is -2.39. The van der Waals surface area contributed by atoms with Crippen LogP contribution in [0.5, 0.6) is 11.5 Å². The van der Waals surface area contributed by atoms with Gasteiger partial charge in [0.15, 0.2) is 11.5 Å². The van der Waals surface area contributed by atoms with Gasteiger partial charge in [-0.25, -0.2) is 13.2 Å². The van der Waals surface area contributed by atoms with Crippen LogP contribution in [0, 0.1) is 11.6 Å². The molecule has 2 aromatic carbocycles. The quantitative estimate of drug-likeness (QED) is 0.282. The smallest absolute Gasteiger partial charge is 0.275 e. The van der Waals surface area contributed by atoms with Crippen molar-refractivity contribution >= 4 is 29.1 Å². The number of allylic oxidation sites excluding steroid dienone is 3. The summed E-state index contributed by atoms with van der Waals surface area (Å²) < 4.78 is 52.5. The topological polar surface area (TPSA) is 38.8 Å². The molecule has 4 rings (SSSR count). The molecular formula is C28H34Cl2F3NO3. The van der Waals surface area contributed by atoms with Crippen molar-refractivity contribution in [3.05, 3.63) is 84.0 Å². The zero-order valence-electron chi connectivity index (χ0n) is 21.6. The number of fused-ring (bicyclic) bond motifs is 1. The van der Waals surface area contributed by atoms with Crippen LogP contribution in [-0.4, -0.2) is 42.3 Å². The molecule has 1 saturated heterocycles. The maximum Gasteiger partial charge on any atom is 0.275 e. The van der Waals surface area contributed by atoms with E-state index in [1.54, 1.807) is 13.0 Å². The minimum absolute atomic E-state index is 0.141. The van der Waals surface area contributed by atoms with Crippen LogP contribution in [0.3, 0.4) is 0 Å². The second-order valence-electron chi connectivity index (χ2n) is 8.01. The van der Waals surface area contributed by atoms with Gasteiger partial charge in [-0.1, -0.05) is 18.2 Å². The largest absolute Gasteiger partial charge is 0.445 e. The van der Waals surface area contributed by atoms with Crippen LogP contribution in [0.1, 0.15) is 49.5 Å². The van der Waals surface area contributed by atoms with Crippen LogP contribution in [0.2, 0.25) is 0 Å². The van der Waals surface area contributed by atoms with Crippen molar-refractivity contribution in [2.45, 2.75) is 45.6 Å². The number of likely N-dealkylation sites (tertiary alicyclic amines) is 1. The number of carbonyl (C=O) groups excluding carboxylic acids is 1. The maximum atomic E-state index is 14.5. The van der Waals surface area contributed by atoms with Crippen LogP contribution in [0.4, 0.5) is 13.2 Å². The highest BCUT2D eigenvalue weighted by Gasteiger charge is 2.40. The van der Waals surface area contributed by atoms with E-state index in [0.29, 0.717) is 11.4 Å². The highest BCUT2D eigenvalue weighted by Crippen LogP contribution is 2.45. The molecule has 4 nitrogen and oxygen atoms in total. The number of hydrogen-bond donors (Lipinski definition) is 0. The Labute approximate surface area is 227 Å². The van der Waals surface area contributed by atoms with Gasteiger partial charge >= 0.3 is 0 Å². The Morgan fingerprint density at radius 1 is 1.08 bits per heavy atom. The zero-order chi connectivity index (χ0) is 28.0. The van der Waals surface area contributed by atoms with E-state index < -0.39 is 29.5 Å². The first kappa shape index (κ1) is 32.4. The molecule has 1 unspecified atom stereocenters. The number of amides is 1. The fourth-order valence-corrected chi connectivity index (χ4v) is 3.39. The highest BCUT2D eigenvalue weighted by molar-refractivity contribution is 6.18. The minimum Gasteiger partial charge on any atom is -0.445 e. The number of piperidine rings is 1. The maximum absolute atomic E-state index is 14.5. The molecule has 1 fully saturated rings. The molecule has 2 aliphatic heterocycles. The summed E-state index contributed by atoms with van der Waals surface area (Å²) in [5, 5.41) is 0. The lowest BCUT2D eigenvalue weighted by Gasteiger charge is -2.28. The first-order valence-corrected chi connectivity index (χ1v) is 13.0. The highest BCUT2D eigenvalue weighted by atomic mass is 35.5. The third-order valence-electron chi connectivity index (χ3n) is 5.40. The van der Waals surface area contributed by atoms with Gasteiger partial charge in [-0.2, -0.15) is 0 Å². The monoisotopic (exact) mass is 559 g/mol. The fraction of sp³-hybridized carbons (Fsp3) is 0.393. The van der Waals surface area contributed by atoms with Crippen molar-refractivity contribution in [2.75, 3.05) is 25.4 Å². The molecule has 0 bridgehead atoms. The van der Waals surface area contributed by atoms with E-state index in [4.69, 9.17) is 21.1 Å². The van der Waals surface area contributed by atoms with Crippen molar-refractivity contribution in [3.63, 3.8) is 0 Å². The molecule has 0 spiro atoms. The molecule has 1 atom stereocenters. The summed E-state index contributed by atoms with van der Waals surface area (Å²) in [6, 6.07) is 8.01. The third kappa shape index (κ3) is 9.31. The lowest BCUT2D eigenvalue weighted by molar-refractivity contribution is -0.0681. The number of benzene rings is 2. The fourth-order valence-electron chi connectivity index (χ4n) is 3.39. The molecule has 0 saturated carbocycles. The Morgan fingerprint density at radius 2 is 1.57 bits per heavy atom. The predicted octanol–water partition coefficient (Wildman–Crippen LogP) is 8.03. The summed E-state index contributed by atoms with van der Waals surface area (Å²) in [5.41, 5.74) is 0.413. The van der Waals surface area contributed by atoms with Gasteiger partial charge in [0.05, 0.1) is 5.56 Å². The molecule has 9 heteroatoms. The van der Waals surface area contributed by atoms with Crippen LogP contribution in [0.25, 0.3) is 0 Å². The number of nitrogens with zero attached hydrogens (tertiary/aromatic N) is 1. The van der Waals surface area contributed by atoms with E-state index in [2.05, 4.69) is 18.2 Å². The first-order chi connectivity index (χ1) is 17.7. The first-order valence-electron chi connectivity index (χ1n) is 11.7. The standard InChI is InChI=1S/C20H18F3NO3.C4H8.C3H5Cl.CH3Cl/c1-20(12-2-4-13(21)5-3-12)26-17-10-15(16(23)11-18(17)27-20)19(25)24-8-6-14(22)7-9-24;1-3-4-2;1-2-3-4;1-2/h2-5,10-11,14H,6-9H2,1H3;3-4H,1-2H3;2H,1,3H2;1H3/b;4-3-;;. The Morgan fingerprint density at radius 3 is 2.03 bits per heavy atom. The number of halogens is 5. The number of ether oxygens (including phenoxy) is 2. The molecule has 2 heterocycles. The van der Waals surface area contributed by atoms with Crippen molar-refractivity contribution < 1.29 is 27.4 Å². The second kappa shape index (κ2) is 16.3. The zero-order valence-corrected chi connectivity index (χ0v) is 23.1. The van der Waals surface area contributed by atoms with Gasteiger partial charge in [-0.15, -0.1) is 29.8 Å². The average molecular weight is 560 g/mol. The number of rotatable bonds is 3. The number of carbonyl (C=O) groups is 1. The summed E-state index contributed by atoms with van der Waals surface area (Å²) in [6.45, 7) is 9.48. The van der Waals surface area contributed by atoms with Gasteiger partial charge in [-0.05, 0) is 57.0 Å². The van der Waals surface area contributed by atoms with Crippen LogP contribution in [-0.2, 0) is 5.79 Å². The van der Waals surface area contributed by atoms with Crippen LogP contribution in [0.15, 0.2) is 61.2 Å². The summed E-state index contributed by atoms with van der Waals surface area (Å²) in [7, 11) is 0. The molecule has 204 valence electrons. The Balaban J connectivity index is 0.000000594. The SMILES string of the molecule is C/C=C\C.C=CCCl.CC1(c2ccc(F)cc2)Oc2cc(F)c(C(=O)N3CCC(F)CC3)cc2O1.CCl. The summed E-state index contributed by atoms with van der Waals surface area (Å²) >= 11 is 9.71. The van der Waals surface area contributed by atoms with E-state index in [9.17, 15) is 18.0 Å². The van der Waals surface area contributed by atoms with E-state index in [1.165, 1.54) is 41.6 Å². The summed E-state index contributed by atoms with van der Waals surface area (Å²) in [5.74, 6) is -1.93. The molecule has 0 N–H and O–H groups in total. The molecule has 0 aliphatic carbocycles. The number of alkyl halides is 3. The molecule has 2 aromatic rings. The number of hydrogen-bond acceptors (Lipinski definition) is 3. The lowest BCUT2D eigenvalue weighted by atomic mass is 10.1. The summed E-state index contributed by atoms with van der Waals surface area (Å²) in [4.78, 5) is 14.1. The van der Waals surface area contributed by atoms with Gasteiger partial charge in [0.2, 0.25) is 0 Å². The van der Waals surface area contributed by atoms with E-state index >= 15 is 0 Å². The summed E-state index contributed by atoms with van der Waals surface area (Å²) in [6.07, 6.45) is 6.69. The van der Waals surface area contributed by atoms with Gasteiger partial charge in [0, 0.05) is 43.9 Å². The predicted molar refractivity (Wildman–Crippen MR) is 145 cm³/mol. The van der Waals surface area contributed by atoms with Gasteiger partial charge in [0.25, 0.3) is 11.7 Å². The average Bonchev–Trinajstić information content (AvgIpc) is 3.26. The molecule has 2 aliphatic rings. The molecule has 37 heavy (non-hydrogen) atoms. The Hall–Kier alpha value is -2.64. The molecule has 0 radical (unpaired) electrons. The molecule has 0 aromatic heterocycles. The molecular weight excluding hydrogens is 526 g/mol. The van der Waals surface area contributed by atoms with E-state index in [0.717, 1.165) is 6.07 Å². The second-order valence-corrected chi connectivity index (χ2v) is 8.32. The van der Waals surface area contributed by atoms with Crippen molar-refractivity contribution in [2.24, 2.45) is 0 Å². The normalized spacial score (nSPS) is 18.0. The van der Waals surface area contributed by atoms with Gasteiger partial charge in [0.1, 0.15) is 17.8 Å². The van der Waals surface area contributed by atoms with E-state index in [-0.39, 0.29) is 43.0 Å². The molecule has 1 amide bonds. The minimum atomic E-state index is -1.25. The third-order valence-corrected chi connectivity index (χ3v) is 5.61. The van der Waals surface area contributed by atoms with Gasteiger partial charge in [-0.3, -0.25) is 4.79 Å². The van der Waals surface area contributed by atoms with Crippen molar-refractivity contribution in [1.82, 2.24) is 4.90 Å². The van der Waals surface area contributed by atoms with Crippen LogP contribution >= 0.6 is 23.2 Å². The van der Waals surface area contributed by atoms with E-state index in [1.807, 2.05) is 26.0 Å². The van der Waals surface area contributed by atoms with Gasteiger partial charge < -0.3 is 14.4 Å². The Bertz CT molecular complexity index is 1020. The van der Waals surface area contributed by atoms with Crippen LogP contribution < -0.4 is 9.47 Å². The Kier molecular flexibility index (Phi) is 14.2. The van der Waals surface area contributed by atoms with Crippen molar-refractivity contribution in [1.29, 1.82) is 0 Å². The van der Waals surface area contributed by atoms with Crippen molar-refractivity contribution in [3.8, 4) is 11.5 Å².